The Hall–Kier alpha value is -2.55. The van der Waals surface area contributed by atoms with Crippen LogP contribution in [0.25, 0.3) is 22.1 Å². The zero-order valence-corrected chi connectivity index (χ0v) is 11.3. The Balaban J connectivity index is 2.39. The van der Waals surface area contributed by atoms with E-state index < -0.39 is 5.63 Å². The van der Waals surface area contributed by atoms with Crippen LogP contribution in [0.2, 0.25) is 0 Å². The fraction of sp³-hybridized carbons (Fsp3) is 0.118. The Labute approximate surface area is 116 Å². The molecule has 100 valence electrons. The highest BCUT2D eigenvalue weighted by molar-refractivity contribution is 5.90. The number of hydrogen-bond acceptors (Lipinski definition) is 3. The van der Waals surface area contributed by atoms with Crippen LogP contribution in [0.3, 0.4) is 0 Å². The van der Waals surface area contributed by atoms with Gasteiger partial charge in [0.05, 0.1) is 5.39 Å². The smallest absolute Gasteiger partial charge is 0.347 e. The van der Waals surface area contributed by atoms with Gasteiger partial charge in [-0.25, -0.2) is 4.79 Å². The van der Waals surface area contributed by atoms with Gasteiger partial charge in [-0.3, -0.25) is 0 Å². The first-order valence-corrected chi connectivity index (χ1v) is 6.40. The highest BCUT2D eigenvalue weighted by atomic mass is 16.4. The fourth-order valence-corrected chi connectivity index (χ4v) is 2.47. The average Bonchev–Trinajstić information content (AvgIpc) is 2.41. The highest BCUT2D eigenvalue weighted by Gasteiger charge is 2.16. The van der Waals surface area contributed by atoms with Crippen molar-refractivity contribution in [3.63, 3.8) is 0 Å². The third-order valence-corrected chi connectivity index (χ3v) is 3.44. The van der Waals surface area contributed by atoms with Crippen LogP contribution in [0, 0.1) is 13.8 Å². The van der Waals surface area contributed by atoms with Gasteiger partial charge in [-0.1, -0.05) is 35.9 Å². The molecular formula is C17H14O3. The average molecular weight is 266 g/mol. The van der Waals surface area contributed by atoms with Crippen molar-refractivity contribution in [1.29, 1.82) is 0 Å². The Kier molecular flexibility index (Phi) is 2.83. The quantitative estimate of drug-likeness (QED) is 0.682. The van der Waals surface area contributed by atoms with Crippen molar-refractivity contribution >= 4 is 11.0 Å². The van der Waals surface area contributed by atoms with Gasteiger partial charge >= 0.3 is 5.63 Å². The van der Waals surface area contributed by atoms with Gasteiger partial charge in [-0.05, 0) is 37.1 Å². The molecule has 1 N–H and O–H groups in total. The number of aromatic hydroxyl groups is 1. The molecule has 0 fully saturated rings. The van der Waals surface area contributed by atoms with Gasteiger partial charge in [0, 0.05) is 0 Å². The topological polar surface area (TPSA) is 50.4 Å². The molecule has 0 unspecified atom stereocenters. The summed E-state index contributed by atoms with van der Waals surface area (Å²) in [7, 11) is 0. The molecule has 3 aromatic rings. The third-order valence-electron chi connectivity index (χ3n) is 3.44. The number of hydrogen-bond donors (Lipinski definition) is 1. The summed E-state index contributed by atoms with van der Waals surface area (Å²) in [6.45, 7) is 3.90. The largest absolute Gasteiger partial charge is 0.506 e. The molecule has 2 aromatic carbocycles. The summed E-state index contributed by atoms with van der Waals surface area (Å²) in [4.78, 5) is 12.2. The Morgan fingerprint density at radius 1 is 1.05 bits per heavy atom. The first-order valence-electron chi connectivity index (χ1n) is 6.40. The van der Waals surface area contributed by atoms with E-state index in [-0.39, 0.29) is 11.3 Å². The van der Waals surface area contributed by atoms with Crippen LogP contribution < -0.4 is 5.63 Å². The molecular weight excluding hydrogens is 252 g/mol. The normalized spacial score (nSPS) is 10.9. The summed E-state index contributed by atoms with van der Waals surface area (Å²) in [6.07, 6.45) is 0. The van der Waals surface area contributed by atoms with E-state index in [1.165, 1.54) is 0 Å². The van der Waals surface area contributed by atoms with Gasteiger partial charge in [-0.2, -0.15) is 0 Å². The molecule has 1 heterocycles. The first-order chi connectivity index (χ1) is 9.58. The second-order valence-corrected chi connectivity index (χ2v) is 4.93. The van der Waals surface area contributed by atoms with E-state index in [4.69, 9.17) is 4.42 Å². The minimum absolute atomic E-state index is 0.0243. The van der Waals surface area contributed by atoms with E-state index in [2.05, 4.69) is 0 Å². The van der Waals surface area contributed by atoms with Crippen LogP contribution in [-0.2, 0) is 0 Å². The lowest BCUT2D eigenvalue weighted by Gasteiger charge is -2.09. The lowest BCUT2D eigenvalue weighted by molar-refractivity contribution is 0.471. The van der Waals surface area contributed by atoms with Gasteiger partial charge < -0.3 is 9.52 Å². The molecule has 0 atom stereocenters. The minimum Gasteiger partial charge on any atom is -0.506 e. The number of para-hydroxylation sites is 1. The van der Waals surface area contributed by atoms with Crippen molar-refractivity contribution in [2.75, 3.05) is 0 Å². The second kappa shape index (κ2) is 4.53. The number of aryl methyl sites for hydroxylation is 2. The van der Waals surface area contributed by atoms with Crippen LogP contribution in [0.4, 0.5) is 0 Å². The number of rotatable bonds is 1. The van der Waals surface area contributed by atoms with Gasteiger partial charge in [-0.15, -0.1) is 0 Å². The molecule has 0 spiro atoms. The molecule has 0 aliphatic heterocycles. The summed E-state index contributed by atoms with van der Waals surface area (Å²) in [5, 5.41) is 11.0. The highest BCUT2D eigenvalue weighted by Crippen LogP contribution is 2.34. The minimum atomic E-state index is -0.520. The predicted octanol–water partition coefficient (Wildman–Crippen LogP) is 3.78. The van der Waals surface area contributed by atoms with Gasteiger partial charge in [0.2, 0.25) is 0 Å². The van der Waals surface area contributed by atoms with E-state index in [1.54, 1.807) is 24.3 Å². The van der Waals surface area contributed by atoms with Crippen LogP contribution in [0.5, 0.6) is 5.75 Å². The zero-order valence-electron chi connectivity index (χ0n) is 11.3. The van der Waals surface area contributed by atoms with Gasteiger partial charge in [0.15, 0.2) is 0 Å². The van der Waals surface area contributed by atoms with Crippen molar-refractivity contribution in [1.82, 2.24) is 0 Å². The van der Waals surface area contributed by atoms with Crippen molar-refractivity contribution in [3.8, 4) is 16.9 Å². The molecule has 3 heteroatoms. The summed E-state index contributed by atoms with van der Waals surface area (Å²) in [5.41, 5.74) is 2.84. The van der Waals surface area contributed by atoms with Gasteiger partial charge in [0.25, 0.3) is 0 Å². The summed E-state index contributed by atoms with van der Waals surface area (Å²) in [6, 6.07) is 12.7. The maximum Gasteiger partial charge on any atom is 0.347 e. The molecule has 0 amide bonds. The predicted molar refractivity (Wildman–Crippen MR) is 79.1 cm³/mol. The van der Waals surface area contributed by atoms with Crippen molar-refractivity contribution in [2.45, 2.75) is 13.8 Å². The molecule has 0 radical (unpaired) electrons. The second-order valence-electron chi connectivity index (χ2n) is 4.93. The Bertz CT molecular complexity index is 860. The van der Waals surface area contributed by atoms with E-state index in [1.807, 2.05) is 32.0 Å². The van der Waals surface area contributed by atoms with E-state index in [9.17, 15) is 9.90 Å². The molecule has 0 saturated carbocycles. The maximum atomic E-state index is 12.2. The third kappa shape index (κ3) is 1.88. The monoisotopic (exact) mass is 266 g/mol. The molecule has 1 aromatic heterocycles. The van der Waals surface area contributed by atoms with Crippen LogP contribution in [-0.4, -0.2) is 5.11 Å². The Morgan fingerprint density at radius 3 is 2.55 bits per heavy atom. The first kappa shape index (κ1) is 12.5. The standard InChI is InChI=1S/C17H14O3/c1-10-7-8-12(11(2)9-10)15-16(18)13-5-3-4-6-14(13)20-17(15)19/h3-9,18H,1-2H3. The maximum absolute atomic E-state index is 12.2. The Morgan fingerprint density at radius 2 is 1.80 bits per heavy atom. The van der Waals surface area contributed by atoms with E-state index in [0.29, 0.717) is 16.5 Å². The molecule has 3 nitrogen and oxygen atoms in total. The van der Waals surface area contributed by atoms with E-state index >= 15 is 0 Å². The van der Waals surface area contributed by atoms with E-state index in [0.717, 1.165) is 11.1 Å². The molecule has 20 heavy (non-hydrogen) atoms. The van der Waals surface area contributed by atoms with Crippen LogP contribution in [0.15, 0.2) is 51.7 Å². The fourth-order valence-electron chi connectivity index (χ4n) is 2.47. The van der Waals surface area contributed by atoms with Crippen molar-refractivity contribution < 1.29 is 9.52 Å². The molecule has 0 aliphatic carbocycles. The number of benzene rings is 2. The van der Waals surface area contributed by atoms with Crippen molar-refractivity contribution in [2.24, 2.45) is 0 Å². The molecule has 0 bridgehead atoms. The zero-order chi connectivity index (χ0) is 14.3. The van der Waals surface area contributed by atoms with Crippen LogP contribution >= 0.6 is 0 Å². The van der Waals surface area contributed by atoms with Crippen LogP contribution in [0.1, 0.15) is 11.1 Å². The molecule has 0 aliphatic rings. The number of fused-ring (bicyclic) bond motifs is 1. The molecule has 0 saturated heterocycles. The lowest BCUT2D eigenvalue weighted by Crippen LogP contribution is -2.04. The summed E-state index contributed by atoms with van der Waals surface area (Å²) < 4.78 is 5.30. The molecule has 3 rings (SSSR count). The SMILES string of the molecule is Cc1ccc(-c2c(O)c3ccccc3oc2=O)c(C)c1. The van der Waals surface area contributed by atoms with Gasteiger partial charge in [0.1, 0.15) is 16.9 Å². The summed E-state index contributed by atoms with van der Waals surface area (Å²) in [5.74, 6) is -0.0243. The van der Waals surface area contributed by atoms with Crippen molar-refractivity contribution in [3.05, 3.63) is 64.0 Å². The lowest BCUT2D eigenvalue weighted by atomic mass is 9.98. The summed E-state index contributed by atoms with van der Waals surface area (Å²) >= 11 is 0.